The molecule has 0 fully saturated rings. The number of para-hydroxylation sites is 1. The number of carbonyl (C=O) groups is 2. The highest BCUT2D eigenvalue weighted by Crippen LogP contribution is 2.25. The molecule has 0 saturated heterocycles. The largest absolute Gasteiger partial charge is 0.461 e. The maximum absolute atomic E-state index is 13.5. The highest BCUT2D eigenvalue weighted by Gasteiger charge is 2.17. The van der Waals surface area contributed by atoms with Gasteiger partial charge in [0.05, 0.1) is 11.4 Å². The Bertz CT molecular complexity index is 1740. The third-order valence-electron chi connectivity index (χ3n) is 6.08. The summed E-state index contributed by atoms with van der Waals surface area (Å²) in [6.45, 7) is 5.10. The molecule has 5 aromatic rings. The number of nitrogens with one attached hydrogen (secondary N) is 1. The molecule has 0 unspecified atom stereocenters. The van der Waals surface area contributed by atoms with Crippen LogP contribution in [-0.2, 0) is 16.1 Å². The monoisotopic (exact) mass is 533 g/mol. The van der Waals surface area contributed by atoms with Crippen molar-refractivity contribution >= 4 is 34.2 Å². The van der Waals surface area contributed by atoms with E-state index in [2.05, 4.69) is 15.3 Å². The Labute approximate surface area is 230 Å². The van der Waals surface area contributed by atoms with Gasteiger partial charge < -0.3 is 19.2 Å². The van der Waals surface area contributed by atoms with Crippen LogP contribution in [0.5, 0.6) is 11.5 Å². The van der Waals surface area contributed by atoms with E-state index in [0.29, 0.717) is 39.4 Å². The molecular weight excluding hydrogens is 506 g/mol. The van der Waals surface area contributed by atoms with E-state index in [1.165, 1.54) is 6.92 Å². The lowest BCUT2D eigenvalue weighted by atomic mass is 10.1. The van der Waals surface area contributed by atoms with Gasteiger partial charge in [-0.2, -0.15) is 0 Å². The minimum Gasteiger partial charge on any atom is -0.461 e. The summed E-state index contributed by atoms with van der Waals surface area (Å²) in [5, 5.41) is 3.52. The predicted octanol–water partition coefficient (Wildman–Crippen LogP) is 6.78. The Balaban J connectivity index is 1.58. The number of amides is 1. The Hall–Kier alpha value is -5.24. The summed E-state index contributed by atoms with van der Waals surface area (Å²) in [6.07, 6.45) is 1.61. The zero-order valence-corrected chi connectivity index (χ0v) is 22.3. The molecule has 0 radical (unpaired) electrons. The maximum atomic E-state index is 13.5. The summed E-state index contributed by atoms with van der Waals surface area (Å²) in [4.78, 5) is 34.0. The van der Waals surface area contributed by atoms with Crippen LogP contribution in [0, 0.1) is 13.8 Å². The SMILES string of the molecule is CC(=O)OCc1cnc(C)c2oc(=Nc3ccc(Oc4ccccc4)cc3)c(C(=O)Nc3ccc(C)cc3)cc12. The van der Waals surface area contributed by atoms with Crippen molar-refractivity contribution in [3.05, 3.63) is 119 Å². The normalized spacial score (nSPS) is 11.3. The number of hydrogen-bond acceptors (Lipinski definition) is 7. The predicted molar refractivity (Wildman–Crippen MR) is 152 cm³/mol. The van der Waals surface area contributed by atoms with Crippen LogP contribution in [0.1, 0.15) is 34.1 Å². The first kappa shape index (κ1) is 26.4. The van der Waals surface area contributed by atoms with E-state index in [4.69, 9.17) is 13.9 Å². The molecule has 0 spiro atoms. The molecule has 8 nitrogen and oxygen atoms in total. The summed E-state index contributed by atoms with van der Waals surface area (Å²) >= 11 is 0. The maximum Gasteiger partial charge on any atom is 0.302 e. The Kier molecular flexibility index (Phi) is 7.68. The number of pyridine rings is 1. The van der Waals surface area contributed by atoms with E-state index >= 15 is 0 Å². The molecule has 0 saturated carbocycles. The molecule has 0 bridgehead atoms. The van der Waals surface area contributed by atoms with Crippen molar-refractivity contribution in [3.63, 3.8) is 0 Å². The third kappa shape index (κ3) is 6.24. The molecule has 1 N–H and O–H groups in total. The van der Waals surface area contributed by atoms with Gasteiger partial charge in [0, 0.05) is 29.8 Å². The molecule has 200 valence electrons. The van der Waals surface area contributed by atoms with Gasteiger partial charge in [0.1, 0.15) is 23.7 Å². The number of ether oxygens (including phenoxy) is 2. The molecule has 3 aromatic carbocycles. The first-order valence-corrected chi connectivity index (χ1v) is 12.7. The van der Waals surface area contributed by atoms with Gasteiger partial charge in [-0.3, -0.25) is 14.6 Å². The molecule has 1 amide bonds. The number of benzene rings is 3. The van der Waals surface area contributed by atoms with Gasteiger partial charge in [-0.15, -0.1) is 0 Å². The van der Waals surface area contributed by atoms with Crippen molar-refractivity contribution in [1.82, 2.24) is 4.98 Å². The number of esters is 1. The average Bonchev–Trinajstić information content (AvgIpc) is 2.95. The lowest BCUT2D eigenvalue weighted by Crippen LogP contribution is -2.22. The fourth-order valence-electron chi connectivity index (χ4n) is 3.99. The van der Waals surface area contributed by atoms with Crippen LogP contribution >= 0.6 is 0 Å². The average molecular weight is 534 g/mol. The highest BCUT2D eigenvalue weighted by atomic mass is 16.5. The standard InChI is InChI=1S/C32H27N3O5/c1-20-9-11-24(12-10-20)34-31(37)29-17-28-23(19-38-22(3)36)18-33-21(2)30(28)40-32(29)35-25-13-15-27(16-14-25)39-26-7-5-4-6-8-26/h4-18H,19H2,1-3H3,(H,34,37). The molecule has 5 rings (SSSR count). The number of aryl methyl sites for hydroxylation is 2. The van der Waals surface area contributed by atoms with Crippen LogP contribution in [0.25, 0.3) is 11.0 Å². The first-order valence-electron chi connectivity index (χ1n) is 12.7. The van der Waals surface area contributed by atoms with Crippen molar-refractivity contribution in [2.75, 3.05) is 5.32 Å². The van der Waals surface area contributed by atoms with Gasteiger partial charge in [-0.05, 0) is 68.4 Å². The van der Waals surface area contributed by atoms with E-state index < -0.39 is 11.9 Å². The van der Waals surface area contributed by atoms with Crippen LogP contribution in [0.2, 0.25) is 0 Å². The molecule has 0 aliphatic rings. The zero-order chi connectivity index (χ0) is 28.1. The number of anilines is 1. The number of hydrogen-bond donors (Lipinski definition) is 1. The van der Waals surface area contributed by atoms with Crippen LogP contribution in [0.15, 0.2) is 101 Å². The molecule has 2 aromatic heterocycles. The van der Waals surface area contributed by atoms with Crippen molar-refractivity contribution < 1.29 is 23.5 Å². The minimum atomic E-state index is -0.422. The number of carbonyl (C=O) groups excluding carboxylic acids is 2. The van der Waals surface area contributed by atoms with E-state index in [-0.39, 0.29) is 17.7 Å². The molecule has 2 heterocycles. The van der Waals surface area contributed by atoms with Gasteiger partial charge in [0.2, 0.25) is 5.55 Å². The molecule has 8 heteroatoms. The quantitative estimate of drug-likeness (QED) is 0.231. The number of rotatable bonds is 7. The molecule has 0 aliphatic carbocycles. The van der Waals surface area contributed by atoms with Crippen LogP contribution < -0.4 is 15.6 Å². The lowest BCUT2D eigenvalue weighted by molar-refractivity contribution is -0.142. The Morgan fingerprint density at radius 3 is 2.33 bits per heavy atom. The van der Waals surface area contributed by atoms with E-state index in [1.807, 2.05) is 61.5 Å². The van der Waals surface area contributed by atoms with Crippen LogP contribution in [-0.4, -0.2) is 16.9 Å². The van der Waals surface area contributed by atoms with Crippen LogP contribution in [0.3, 0.4) is 0 Å². The smallest absolute Gasteiger partial charge is 0.302 e. The first-order chi connectivity index (χ1) is 19.4. The number of aromatic nitrogens is 1. The Morgan fingerprint density at radius 1 is 0.925 bits per heavy atom. The van der Waals surface area contributed by atoms with E-state index in [9.17, 15) is 9.59 Å². The van der Waals surface area contributed by atoms with E-state index in [0.717, 1.165) is 11.3 Å². The van der Waals surface area contributed by atoms with Crippen LogP contribution in [0.4, 0.5) is 11.4 Å². The van der Waals surface area contributed by atoms with Gasteiger partial charge >= 0.3 is 5.97 Å². The summed E-state index contributed by atoms with van der Waals surface area (Å²) in [6, 6.07) is 25.8. The fraction of sp³-hybridized carbons (Fsp3) is 0.125. The van der Waals surface area contributed by atoms with Crippen molar-refractivity contribution in [2.45, 2.75) is 27.4 Å². The van der Waals surface area contributed by atoms with Gasteiger partial charge in [-0.1, -0.05) is 35.9 Å². The molecule has 40 heavy (non-hydrogen) atoms. The van der Waals surface area contributed by atoms with Gasteiger partial charge in [0.25, 0.3) is 5.91 Å². The second kappa shape index (κ2) is 11.7. The summed E-state index contributed by atoms with van der Waals surface area (Å²) in [7, 11) is 0. The number of fused-ring (bicyclic) bond motifs is 1. The van der Waals surface area contributed by atoms with Crippen molar-refractivity contribution in [2.24, 2.45) is 4.99 Å². The molecule has 0 atom stereocenters. The topological polar surface area (TPSA) is 103 Å². The second-order valence-electron chi connectivity index (χ2n) is 9.20. The molecular formula is C32H27N3O5. The lowest BCUT2D eigenvalue weighted by Gasteiger charge is -2.11. The van der Waals surface area contributed by atoms with Crippen molar-refractivity contribution in [3.8, 4) is 11.5 Å². The fourth-order valence-corrected chi connectivity index (χ4v) is 3.99. The minimum absolute atomic E-state index is 0.00692. The zero-order valence-electron chi connectivity index (χ0n) is 22.3. The third-order valence-corrected chi connectivity index (χ3v) is 6.08. The number of nitrogens with zero attached hydrogens (tertiary/aromatic N) is 2. The summed E-state index contributed by atoms with van der Waals surface area (Å²) in [5.41, 5.74) is 4.26. The Morgan fingerprint density at radius 2 is 1.62 bits per heavy atom. The molecule has 0 aliphatic heterocycles. The van der Waals surface area contributed by atoms with Gasteiger partial charge in [0.15, 0.2) is 5.58 Å². The highest BCUT2D eigenvalue weighted by molar-refractivity contribution is 6.05. The summed E-state index contributed by atoms with van der Waals surface area (Å²) in [5.74, 6) is 0.548. The second-order valence-corrected chi connectivity index (χ2v) is 9.20. The van der Waals surface area contributed by atoms with E-state index in [1.54, 1.807) is 43.5 Å². The van der Waals surface area contributed by atoms with Crippen molar-refractivity contribution in [1.29, 1.82) is 0 Å². The summed E-state index contributed by atoms with van der Waals surface area (Å²) < 4.78 is 17.3. The van der Waals surface area contributed by atoms with Gasteiger partial charge in [-0.25, -0.2) is 4.99 Å².